The predicted molar refractivity (Wildman–Crippen MR) is 72.8 cm³/mol. The van der Waals surface area contributed by atoms with Gasteiger partial charge in [0, 0.05) is 24.4 Å². The number of anilines is 1. The lowest BCUT2D eigenvalue weighted by molar-refractivity contribution is -0.384. The quantitative estimate of drug-likeness (QED) is 0.501. The van der Waals surface area contributed by atoms with Gasteiger partial charge in [0.1, 0.15) is 0 Å². The fraction of sp³-hybridized carbons (Fsp3) is 0.429. The third-order valence-electron chi connectivity index (χ3n) is 3.39. The van der Waals surface area contributed by atoms with E-state index in [0.717, 1.165) is 30.6 Å². The number of nitrogens with one attached hydrogen (secondary N) is 1. The molecule has 96 valence electrons. The summed E-state index contributed by atoms with van der Waals surface area (Å²) in [7, 11) is 0. The lowest BCUT2D eigenvalue weighted by Gasteiger charge is -2.19. The zero-order valence-electron chi connectivity index (χ0n) is 10.6. The van der Waals surface area contributed by atoms with Gasteiger partial charge in [0.15, 0.2) is 0 Å². The Hall–Kier alpha value is -1.84. The van der Waals surface area contributed by atoms with Crippen LogP contribution in [0, 0.1) is 23.0 Å². The Morgan fingerprint density at radius 3 is 2.94 bits per heavy atom. The third kappa shape index (κ3) is 3.09. The molecular formula is C14H18N2O2. The van der Waals surface area contributed by atoms with Crippen LogP contribution in [0.25, 0.3) is 0 Å². The number of allylic oxidation sites excluding steroid dienone is 2. The summed E-state index contributed by atoms with van der Waals surface area (Å²) in [5.74, 6) is 0.633. The Morgan fingerprint density at radius 1 is 1.44 bits per heavy atom. The van der Waals surface area contributed by atoms with Crippen molar-refractivity contribution in [3.05, 3.63) is 46.0 Å². The van der Waals surface area contributed by atoms with E-state index in [4.69, 9.17) is 0 Å². The highest BCUT2D eigenvalue weighted by Gasteiger charge is 2.12. The van der Waals surface area contributed by atoms with Crippen molar-refractivity contribution in [1.82, 2.24) is 0 Å². The molecule has 1 aromatic carbocycles. The predicted octanol–water partition coefficient (Wildman–Crippen LogP) is 3.67. The second-order valence-corrected chi connectivity index (χ2v) is 4.79. The summed E-state index contributed by atoms with van der Waals surface area (Å²) in [6, 6.07) is 4.96. The first-order valence-corrected chi connectivity index (χ1v) is 6.30. The maximum Gasteiger partial charge on any atom is 0.271 e. The smallest absolute Gasteiger partial charge is 0.271 e. The molecule has 1 N–H and O–H groups in total. The van der Waals surface area contributed by atoms with Crippen molar-refractivity contribution in [3.8, 4) is 0 Å². The summed E-state index contributed by atoms with van der Waals surface area (Å²) in [5, 5.41) is 14.1. The van der Waals surface area contributed by atoms with Crippen LogP contribution in [0.5, 0.6) is 0 Å². The molecule has 2 rings (SSSR count). The van der Waals surface area contributed by atoms with Gasteiger partial charge in [-0.1, -0.05) is 18.2 Å². The van der Waals surface area contributed by atoms with Gasteiger partial charge < -0.3 is 5.32 Å². The molecule has 0 radical (unpaired) electrons. The van der Waals surface area contributed by atoms with Crippen molar-refractivity contribution in [1.29, 1.82) is 0 Å². The van der Waals surface area contributed by atoms with E-state index < -0.39 is 0 Å². The minimum Gasteiger partial charge on any atom is -0.384 e. The molecule has 0 saturated heterocycles. The summed E-state index contributed by atoms with van der Waals surface area (Å²) < 4.78 is 0. The van der Waals surface area contributed by atoms with Crippen molar-refractivity contribution in [2.75, 3.05) is 11.9 Å². The van der Waals surface area contributed by atoms with Crippen LogP contribution in [0.2, 0.25) is 0 Å². The highest BCUT2D eigenvalue weighted by Crippen LogP contribution is 2.24. The molecule has 4 heteroatoms. The number of nitrogens with zero attached hydrogens (tertiary/aromatic N) is 1. The van der Waals surface area contributed by atoms with E-state index in [0.29, 0.717) is 5.92 Å². The number of aryl methyl sites for hydroxylation is 1. The summed E-state index contributed by atoms with van der Waals surface area (Å²) >= 11 is 0. The van der Waals surface area contributed by atoms with Crippen molar-refractivity contribution >= 4 is 11.4 Å². The van der Waals surface area contributed by atoms with E-state index >= 15 is 0 Å². The summed E-state index contributed by atoms with van der Waals surface area (Å²) in [6.45, 7) is 2.85. The highest BCUT2D eigenvalue weighted by molar-refractivity contribution is 5.56. The van der Waals surface area contributed by atoms with Crippen LogP contribution in [0.1, 0.15) is 24.8 Å². The summed E-state index contributed by atoms with van der Waals surface area (Å²) in [6.07, 6.45) is 7.87. The average molecular weight is 246 g/mol. The average Bonchev–Trinajstić information content (AvgIpc) is 2.38. The number of non-ortho nitro benzene ring substituents is 1. The van der Waals surface area contributed by atoms with E-state index in [1.165, 1.54) is 6.42 Å². The third-order valence-corrected chi connectivity index (χ3v) is 3.39. The Morgan fingerprint density at radius 2 is 2.28 bits per heavy atom. The van der Waals surface area contributed by atoms with E-state index in [9.17, 15) is 10.1 Å². The van der Waals surface area contributed by atoms with E-state index in [1.54, 1.807) is 18.2 Å². The fourth-order valence-electron chi connectivity index (χ4n) is 2.21. The molecule has 1 aromatic rings. The van der Waals surface area contributed by atoms with Crippen molar-refractivity contribution in [2.45, 2.75) is 26.2 Å². The zero-order valence-corrected chi connectivity index (χ0v) is 10.6. The summed E-state index contributed by atoms with van der Waals surface area (Å²) in [5.41, 5.74) is 2.07. The molecule has 18 heavy (non-hydrogen) atoms. The number of nitro groups is 1. The maximum absolute atomic E-state index is 10.7. The summed E-state index contributed by atoms with van der Waals surface area (Å²) in [4.78, 5) is 10.4. The van der Waals surface area contributed by atoms with Crippen LogP contribution in [-0.4, -0.2) is 11.5 Å². The van der Waals surface area contributed by atoms with Crippen molar-refractivity contribution in [2.24, 2.45) is 5.92 Å². The molecule has 1 unspecified atom stereocenters. The highest BCUT2D eigenvalue weighted by atomic mass is 16.6. The molecule has 0 fully saturated rings. The molecule has 0 bridgehead atoms. The normalized spacial score (nSPS) is 18.6. The van der Waals surface area contributed by atoms with Gasteiger partial charge in [-0.05, 0) is 37.7 Å². The maximum atomic E-state index is 10.7. The van der Waals surface area contributed by atoms with Gasteiger partial charge in [-0.3, -0.25) is 10.1 Å². The van der Waals surface area contributed by atoms with Crippen LogP contribution in [0.3, 0.4) is 0 Å². The Bertz CT molecular complexity index is 469. The lowest BCUT2D eigenvalue weighted by atomic mass is 9.94. The Balaban J connectivity index is 2.01. The SMILES string of the molecule is Cc1ccc([N+](=O)[O-])cc1NCC1CC=CCC1. The number of hydrogen-bond donors (Lipinski definition) is 1. The molecule has 0 saturated carbocycles. The first-order valence-electron chi connectivity index (χ1n) is 6.30. The number of rotatable bonds is 4. The standard InChI is InChI=1S/C14H18N2O2/c1-11-7-8-13(16(17)18)9-14(11)15-10-12-5-3-2-4-6-12/h2-3,7-9,12,15H,4-6,10H2,1H3. The van der Waals surface area contributed by atoms with Crippen LogP contribution < -0.4 is 5.32 Å². The molecule has 0 aliphatic heterocycles. The van der Waals surface area contributed by atoms with Gasteiger partial charge in [-0.25, -0.2) is 0 Å². The van der Waals surface area contributed by atoms with Crippen LogP contribution in [-0.2, 0) is 0 Å². The first-order chi connectivity index (χ1) is 8.66. The van der Waals surface area contributed by atoms with Crippen molar-refractivity contribution < 1.29 is 4.92 Å². The molecular weight excluding hydrogens is 228 g/mol. The number of nitro benzene ring substituents is 1. The largest absolute Gasteiger partial charge is 0.384 e. The lowest BCUT2D eigenvalue weighted by Crippen LogP contribution is -2.15. The molecule has 0 aromatic heterocycles. The van der Waals surface area contributed by atoms with Gasteiger partial charge in [0.25, 0.3) is 5.69 Å². The minimum absolute atomic E-state index is 0.145. The van der Waals surface area contributed by atoms with E-state index in [2.05, 4.69) is 17.5 Å². The second kappa shape index (κ2) is 5.67. The molecule has 0 heterocycles. The van der Waals surface area contributed by atoms with Gasteiger partial charge in [-0.15, -0.1) is 0 Å². The molecule has 1 atom stereocenters. The van der Waals surface area contributed by atoms with Gasteiger partial charge >= 0.3 is 0 Å². The van der Waals surface area contributed by atoms with Crippen LogP contribution in [0.15, 0.2) is 30.4 Å². The van der Waals surface area contributed by atoms with Crippen LogP contribution >= 0.6 is 0 Å². The number of hydrogen-bond acceptors (Lipinski definition) is 3. The van der Waals surface area contributed by atoms with Gasteiger partial charge in [0.05, 0.1) is 4.92 Å². The minimum atomic E-state index is -0.353. The first kappa shape index (κ1) is 12.6. The monoisotopic (exact) mass is 246 g/mol. The second-order valence-electron chi connectivity index (χ2n) is 4.79. The molecule has 1 aliphatic carbocycles. The Labute approximate surface area is 107 Å². The zero-order chi connectivity index (χ0) is 13.0. The topological polar surface area (TPSA) is 55.2 Å². The van der Waals surface area contributed by atoms with Gasteiger partial charge in [0.2, 0.25) is 0 Å². The Kier molecular flexibility index (Phi) is 3.97. The molecule has 0 spiro atoms. The number of benzene rings is 1. The van der Waals surface area contributed by atoms with E-state index in [1.807, 2.05) is 6.92 Å². The van der Waals surface area contributed by atoms with Gasteiger partial charge in [-0.2, -0.15) is 0 Å². The van der Waals surface area contributed by atoms with Crippen LogP contribution in [0.4, 0.5) is 11.4 Å². The molecule has 4 nitrogen and oxygen atoms in total. The fourth-order valence-corrected chi connectivity index (χ4v) is 2.21. The molecule has 0 amide bonds. The van der Waals surface area contributed by atoms with Crippen molar-refractivity contribution in [3.63, 3.8) is 0 Å². The van der Waals surface area contributed by atoms with E-state index in [-0.39, 0.29) is 10.6 Å². The molecule has 1 aliphatic rings.